The molecule has 0 amide bonds. The Hall–Kier alpha value is -7.88. The number of hydrogen-bond donors (Lipinski definition) is 0. The molecule has 0 spiro atoms. The van der Waals surface area contributed by atoms with Gasteiger partial charge in [-0.05, 0) is 105 Å². The van der Waals surface area contributed by atoms with Crippen molar-refractivity contribution < 1.29 is 4.42 Å². The molecule has 0 aliphatic heterocycles. The third kappa shape index (κ3) is 4.94. The highest BCUT2D eigenvalue weighted by Crippen LogP contribution is 2.52. The lowest BCUT2D eigenvalue weighted by atomic mass is 9.81. The standard InChI is InChI=1S/C59H40N2O/c1-59(2)49-25-13-10-21-44(49)45-33-28-38(34-50(45)59)56-57-47-23-11-14-26-51(47)61(53(57)36-55-58(56)48-24-12-15-27-54(48)62-55)41-31-29-40(30-32-41)60(39-17-4-3-5-18-39)52-35-37-16-6-7-19-42(37)43-20-8-9-22-46(43)52/h3-36H,1-2H3. The van der Waals surface area contributed by atoms with E-state index in [1.807, 2.05) is 0 Å². The highest BCUT2D eigenvalue weighted by molar-refractivity contribution is 6.27. The van der Waals surface area contributed by atoms with Gasteiger partial charge in [0.05, 0.1) is 16.7 Å². The molecule has 0 bridgehead atoms. The molecule has 0 N–H and O–H groups in total. The van der Waals surface area contributed by atoms with E-state index in [1.54, 1.807) is 0 Å². The average Bonchev–Trinajstić information content (AvgIpc) is 3.94. The smallest absolute Gasteiger partial charge is 0.138 e. The first-order valence-corrected chi connectivity index (χ1v) is 21.5. The normalized spacial score (nSPS) is 13.1. The number of nitrogens with zero attached hydrogens (tertiary/aromatic N) is 2. The summed E-state index contributed by atoms with van der Waals surface area (Å²) in [5.41, 5.74) is 16.1. The van der Waals surface area contributed by atoms with Gasteiger partial charge in [0.1, 0.15) is 11.2 Å². The number of furan rings is 1. The zero-order chi connectivity index (χ0) is 41.1. The van der Waals surface area contributed by atoms with Gasteiger partial charge in [-0.25, -0.2) is 0 Å². The Labute approximate surface area is 359 Å². The van der Waals surface area contributed by atoms with Crippen LogP contribution in [0.1, 0.15) is 25.0 Å². The molecule has 1 aliphatic carbocycles. The van der Waals surface area contributed by atoms with Gasteiger partial charge in [0.25, 0.3) is 0 Å². The van der Waals surface area contributed by atoms with Gasteiger partial charge >= 0.3 is 0 Å². The second-order valence-electron chi connectivity index (χ2n) is 17.3. The van der Waals surface area contributed by atoms with Crippen molar-refractivity contribution in [1.82, 2.24) is 4.57 Å². The van der Waals surface area contributed by atoms with Crippen molar-refractivity contribution in [3.63, 3.8) is 0 Å². The minimum Gasteiger partial charge on any atom is -0.456 e. The quantitative estimate of drug-likeness (QED) is 0.162. The van der Waals surface area contributed by atoms with E-state index in [1.165, 1.54) is 65.7 Å². The monoisotopic (exact) mass is 792 g/mol. The van der Waals surface area contributed by atoms with E-state index < -0.39 is 0 Å². The molecule has 62 heavy (non-hydrogen) atoms. The Morgan fingerprint density at radius 3 is 1.92 bits per heavy atom. The molecule has 0 unspecified atom stereocenters. The minimum absolute atomic E-state index is 0.129. The molecule has 0 atom stereocenters. The van der Waals surface area contributed by atoms with Gasteiger partial charge in [-0.2, -0.15) is 0 Å². The van der Waals surface area contributed by atoms with Crippen molar-refractivity contribution in [1.29, 1.82) is 0 Å². The highest BCUT2D eigenvalue weighted by atomic mass is 16.3. The van der Waals surface area contributed by atoms with Gasteiger partial charge in [0.2, 0.25) is 0 Å². The summed E-state index contributed by atoms with van der Waals surface area (Å²) in [5.74, 6) is 0. The summed E-state index contributed by atoms with van der Waals surface area (Å²) in [5, 5.41) is 9.65. The molecule has 3 nitrogen and oxygen atoms in total. The van der Waals surface area contributed by atoms with E-state index >= 15 is 0 Å². The van der Waals surface area contributed by atoms with Gasteiger partial charge in [-0.3, -0.25) is 0 Å². The van der Waals surface area contributed by atoms with Crippen LogP contribution in [0.15, 0.2) is 211 Å². The van der Waals surface area contributed by atoms with Gasteiger partial charge in [0.15, 0.2) is 0 Å². The summed E-state index contributed by atoms with van der Waals surface area (Å²) in [7, 11) is 0. The SMILES string of the molecule is CC1(C)c2ccccc2-c2ccc(-c3c4c(cc5c3c3ccccc3n5-c3ccc(N(c5ccccc5)c5cc6ccccc6c6ccccc56)cc3)oc3ccccc34)cc21. The summed E-state index contributed by atoms with van der Waals surface area (Å²) >= 11 is 0. The highest BCUT2D eigenvalue weighted by Gasteiger charge is 2.36. The Morgan fingerprint density at radius 2 is 1.08 bits per heavy atom. The lowest BCUT2D eigenvalue weighted by molar-refractivity contribution is 0.660. The second-order valence-corrected chi connectivity index (χ2v) is 17.3. The number of rotatable bonds is 5. The fourth-order valence-corrected chi connectivity index (χ4v) is 10.7. The third-order valence-electron chi connectivity index (χ3n) is 13.5. The molecule has 292 valence electrons. The first-order chi connectivity index (χ1) is 30.5. The minimum atomic E-state index is -0.129. The first-order valence-electron chi connectivity index (χ1n) is 21.5. The fourth-order valence-electron chi connectivity index (χ4n) is 10.7. The van der Waals surface area contributed by atoms with Crippen molar-refractivity contribution in [2.75, 3.05) is 4.90 Å². The van der Waals surface area contributed by atoms with E-state index in [-0.39, 0.29) is 5.41 Å². The van der Waals surface area contributed by atoms with E-state index in [4.69, 9.17) is 4.42 Å². The van der Waals surface area contributed by atoms with Crippen LogP contribution in [-0.2, 0) is 5.41 Å². The zero-order valence-electron chi connectivity index (χ0n) is 34.4. The van der Waals surface area contributed by atoms with E-state index in [0.717, 1.165) is 55.7 Å². The van der Waals surface area contributed by atoms with Crippen LogP contribution in [0.5, 0.6) is 0 Å². The number of hydrogen-bond acceptors (Lipinski definition) is 2. The van der Waals surface area contributed by atoms with Crippen LogP contribution in [0.25, 0.3) is 93.2 Å². The van der Waals surface area contributed by atoms with Crippen LogP contribution in [-0.4, -0.2) is 4.57 Å². The Balaban J connectivity index is 1.05. The summed E-state index contributed by atoms with van der Waals surface area (Å²) in [6.07, 6.45) is 0. The van der Waals surface area contributed by atoms with Crippen LogP contribution in [0, 0.1) is 0 Å². The van der Waals surface area contributed by atoms with Crippen molar-refractivity contribution in [2.24, 2.45) is 0 Å². The summed E-state index contributed by atoms with van der Waals surface area (Å²) in [4.78, 5) is 2.40. The summed E-state index contributed by atoms with van der Waals surface area (Å²) in [6, 6.07) is 75.3. The van der Waals surface area contributed by atoms with Gasteiger partial charge in [-0.1, -0.05) is 153 Å². The van der Waals surface area contributed by atoms with Crippen LogP contribution >= 0.6 is 0 Å². The molecule has 0 fully saturated rings. The summed E-state index contributed by atoms with van der Waals surface area (Å²) < 4.78 is 9.21. The topological polar surface area (TPSA) is 21.3 Å². The Kier molecular flexibility index (Phi) is 7.36. The van der Waals surface area contributed by atoms with E-state index in [9.17, 15) is 0 Å². The Morgan fingerprint density at radius 1 is 0.435 bits per heavy atom. The largest absolute Gasteiger partial charge is 0.456 e. The zero-order valence-corrected chi connectivity index (χ0v) is 34.4. The molecule has 3 heteroatoms. The first kappa shape index (κ1) is 34.9. The molecule has 12 aromatic rings. The molecule has 10 aromatic carbocycles. The lowest BCUT2D eigenvalue weighted by Gasteiger charge is -2.27. The van der Waals surface area contributed by atoms with Crippen LogP contribution in [0.3, 0.4) is 0 Å². The molecular weight excluding hydrogens is 753 g/mol. The van der Waals surface area contributed by atoms with Gasteiger partial charge in [-0.15, -0.1) is 0 Å². The van der Waals surface area contributed by atoms with Crippen molar-refractivity contribution in [3.8, 4) is 27.9 Å². The number of benzene rings is 10. The van der Waals surface area contributed by atoms with Crippen molar-refractivity contribution >= 4 is 82.4 Å². The van der Waals surface area contributed by atoms with Crippen LogP contribution < -0.4 is 4.90 Å². The molecule has 13 rings (SSSR count). The van der Waals surface area contributed by atoms with Gasteiger partial charge < -0.3 is 13.9 Å². The average molecular weight is 793 g/mol. The molecule has 0 saturated heterocycles. The Bertz CT molecular complexity index is 3780. The predicted molar refractivity (Wildman–Crippen MR) is 261 cm³/mol. The third-order valence-corrected chi connectivity index (χ3v) is 13.5. The number of fused-ring (bicyclic) bond motifs is 12. The number of anilines is 3. The lowest BCUT2D eigenvalue weighted by Crippen LogP contribution is -2.14. The number of aromatic nitrogens is 1. The molecule has 0 radical (unpaired) electrons. The second kappa shape index (κ2) is 13.1. The molecule has 2 aromatic heterocycles. The van der Waals surface area contributed by atoms with Gasteiger partial charge in [0, 0.05) is 61.0 Å². The molecule has 0 saturated carbocycles. The van der Waals surface area contributed by atoms with Crippen molar-refractivity contribution in [3.05, 3.63) is 217 Å². The maximum absolute atomic E-state index is 6.79. The molecule has 2 heterocycles. The van der Waals surface area contributed by atoms with Crippen LogP contribution in [0.4, 0.5) is 17.1 Å². The fraction of sp³-hybridized carbons (Fsp3) is 0.0508. The maximum atomic E-state index is 6.79. The molecule has 1 aliphatic rings. The van der Waals surface area contributed by atoms with E-state index in [2.05, 4.69) is 230 Å². The number of para-hydroxylation sites is 3. The summed E-state index contributed by atoms with van der Waals surface area (Å²) in [6.45, 7) is 4.73. The van der Waals surface area contributed by atoms with Crippen molar-refractivity contribution in [2.45, 2.75) is 19.3 Å². The van der Waals surface area contributed by atoms with Crippen LogP contribution in [0.2, 0.25) is 0 Å². The van der Waals surface area contributed by atoms with E-state index in [0.29, 0.717) is 0 Å². The predicted octanol–water partition coefficient (Wildman–Crippen LogP) is 16.4. The maximum Gasteiger partial charge on any atom is 0.138 e. The molecular formula is C59H40N2O.